The zero-order valence-corrected chi connectivity index (χ0v) is 15.8. The lowest BCUT2D eigenvalue weighted by atomic mass is 9.84. The maximum absolute atomic E-state index is 12.1. The third kappa shape index (κ3) is 3.66. The Morgan fingerprint density at radius 3 is 2.38 bits per heavy atom. The number of ether oxygens (including phenoxy) is 2. The second-order valence-corrected chi connectivity index (χ2v) is 7.61. The predicted octanol–water partition coefficient (Wildman–Crippen LogP) is 3.70. The number of benzene rings is 1. The summed E-state index contributed by atoms with van der Waals surface area (Å²) in [5.41, 5.74) is 3.68. The molecule has 0 spiro atoms. The molecule has 0 aliphatic carbocycles. The quantitative estimate of drug-likeness (QED) is 0.915. The molecule has 0 aromatic heterocycles. The van der Waals surface area contributed by atoms with Gasteiger partial charge in [0.25, 0.3) is 0 Å². The van der Waals surface area contributed by atoms with E-state index in [0.29, 0.717) is 13.1 Å². The van der Waals surface area contributed by atoms with Gasteiger partial charge in [-0.2, -0.15) is 0 Å². The fourth-order valence-corrected chi connectivity index (χ4v) is 3.11. The fourth-order valence-electron chi connectivity index (χ4n) is 3.11. The molecule has 1 saturated heterocycles. The largest absolute Gasteiger partial charge is 0.496 e. The first-order valence-corrected chi connectivity index (χ1v) is 8.39. The van der Waals surface area contributed by atoms with Crippen LogP contribution in [-0.2, 0) is 4.74 Å². The second kappa shape index (κ2) is 6.63. The monoisotopic (exact) mass is 335 g/mol. The average Bonchev–Trinajstić information content (AvgIpc) is 2.39. The maximum Gasteiger partial charge on any atom is 0.410 e. The van der Waals surface area contributed by atoms with Gasteiger partial charge in [-0.3, -0.25) is 0 Å². The molecule has 24 heavy (non-hydrogen) atoms. The summed E-state index contributed by atoms with van der Waals surface area (Å²) in [6.07, 6.45) is -0.876. The number of methoxy groups -OCH3 is 1. The van der Waals surface area contributed by atoms with Crippen molar-refractivity contribution in [1.29, 1.82) is 0 Å². The van der Waals surface area contributed by atoms with Gasteiger partial charge in [-0.05, 0) is 58.7 Å². The van der Waals surface area contributed by atoms with E-state index in [9.17, 15) is 9.90 Å². The summed E-state index contributed by atoms with van der Waals surface area (Å²) in [7, 11) is 1.63. The molecule has 134 valence electrons. The summed E-state index contributed by atoms with van der Waals surface area (Å²) >= 11 is 0. The van der Waals surface area contributed by atoms with Gasteiger partial charge in [-0.25, -0.2) is 4.79 Å². The van der Waals surface area contributed by atoms with Crippen molar-refractivity contribution in [1.82, 2.24) is 4.90 Å². The molecule has 1 aliphatic heterocycles. The Kier molecular flexibility index (Phi) is 5.14. The van der Waals surface area contributed by atoms with E-state index in [4.69, 9.17) is 9.47 Å². The number of aryl methyl sites for hydroxylation is 1. The molecular formula is C19H29NO4. The SMILES string of the molecule is COc1c(C(C)O)cc(C)c(C)c1C1CN(C(=O)OC(C)(C)C)C1. The van der Waals surface area contributed by atoms with Crippen molar-refractivity contribution in [3.8, 4) is 5.75 Å². The Morgan fingerprint density at radius 1 is 1.33 bits per heavy atom. The van der Waals surface area contributed by atoms with Crippen molar-refractivity contribution in [3.63, 3.8) is 0 Å². The summed E-state index contributed by atoms with van der Waals surface area (Å²) in [6, 6.07) is 1.98. The van der Waals surface area contributed by atoms with Gasteiger partial charge in [0.05, 0.1) is 13.2 Å². The lowest BCUT2D eigenvalue weighted by molar-refractivity contribution is 0.00790. The highest BCUT2D eigenvalue weighted by molar-refractivity contribution is 5.70. The van der Waals surface area contributed by atoms with Gasteiger partial charge in [0.15, 0.2) is 0 Å². The molecule has 1 atom stereocenters. The van der Waals surface area contributed by atoms with Crippen LogP contribution in [-0.4, -0.2) is 41.9 Å². The van der Waals surface area contributed by atoms with E-state index in [1.54, 1.807) is 18.9 Å². The van der Waals surface area contributed by atoms with E-state index >= 15 is 0 Å². The number of aliphatic hydroxyl groups excluding tert-OH is 1. The first-order valence-electron chi connectivity index (χ1n) is 8.39. The summed E-state index contributed by atoms with van der Waals surface area (Å²) in [5.74, 6) is 0.937. The first kappa shape index (κ1) is 18.6. The van der Waals surface area contributed by atoms with E-state index in [2.05, 4.69) is 6.92 Å². The van der Waals surface area contributed by atoms with Crippen molar-refractivity contribution >= 4 is 6.09 Å². The first-order chi connectivity index (χ1) is 11.0. The molecule has 5 nitrogen and oxygen atoms in total. The number of likely N-dealkylation sites (tertiary alicyclic amines) is 1. The van der Waals surface area contributed by atoms with Crippen molar-refractivity contribution in [2.45, 2.75) is 59.2 Å². The lowest BCUT2D eigenvalue weighted by Gasteiger charge is -2.41. The van der Waals surface area contributed by atoms with Gasteiger partial charge in [0, 0.05) is 30.1 Å². The zero-order valence-electron chi connectivity index (χ0n) is 15.8. The Bertz CT molecular complexity index is 625. The summed E-state index contributed by atoms with van der Waals surface area (Å²) in [4.78, 5) is 13.8. The van der Waals surface area contributed by atoms with E-state index < -0.39 is 11.7 Å². The van der Waals surface area contributed by atoms with E-state index in [0.717, 1.165) is 28.0 Å². The molecule has 1 N–H and O–H groups in total. The van der Waals surface area contributed by atoms with Crippen LogP contribution in [0.1, 0.15) is 62.0 Å². The Hall–Kier alpha value is -1.75. The number of carbonyl (C=O) groups is 1. The van der Waals surface area contributed by atoms with E-state index in [-0.39, 0.29) is 12.0 Å². The third-order valence-corrected chi connectivity index (χ3v) is 4.47. The Morgan fingerprint density at radius 2 is 1.92 bits per heavy atom. The molecule has 0 bridgehead atoms. The van der Waals surface area contributed by atoms with Gasteiger partial charge >= 0.3 is 6.09 Å². The highest BCUT2D eigenvalue weighted by Gasteiger charge is 2.37. The van der Waals surface area contributed by atoms with Crippen molar-refractivity contribution in [2.24, 2.45) is 0 Å². The normalized spacial score (nSPS) is 16.6. The van der Waals surface area contributed by atoms with Gasteiger partial charge in [0.2, 0.25) is 0 Å². The van der Waals surface area contributed by atoms with Gasteiger partial charge in [-0.15, -0.1) is 0 Å². The number of rotatable bonds is 3. The minimum Gasteiger partial charge on any atom is -0.496 e. The van der Waals surface area contributed by atoms with Crippen molar-refractivity contribution < 1.29 is 19.4 Å². The minimum absolute atomic E-state index is 0.199. The van der Waals surface area contributed by atoms with Gasteiger partial charge in [-0.1, -0.05) is 0 Å². The van der Waals surface area contributed by atoms with Crippen LogP contribution in [0.25, 0.3) is 0 Å². The van der Waals surface area contributed by atoms with Crippen LogP contribution >= 0.6 is 0 Å². The van der Waals surface area contributed by atoms with Crippen molar-refractivity contribution in [2.75, 3.05) is 20.2 Å². The van der Waals surface area contributed by atoms with E-state index in [1.165, 1.54) is 0 Å². The van der Waals surface area contributed by atoms with Crippen LogP contribution in [0.15, 0.2) is 6.07 Å². The molecule has 1 aliphatic rings. The molecular weight excluding hydrogens is 306 g/mol. The minimum atomic E-state index is -0.597. The number of amides is 1. The third-order valence-electron chi connectivity index (χ3n) is 4.47. The number of hydrogen-bond donors (Lipinski definition) is 1. The average molecular weight is 335 g/mol. The van der Waals surface area contributed by atoms with Crippen LogP contribution < -0.4 is 4.74 Å². The van der Waals surface area contributed by atoms with Crippen molar-refractivity contribution in [3.05, 3.63) is 28.3 Å². The number of aliphatic hydroxyl groups is 1. The number of hydrogen-bond acceptors (Lipinski definition) is 4. The molecule has 0 radical (unpaired) electrons. The smallest absolute Gasteiger partial charge is 0.410 e. The highest BCUT2D eigenvalue weighted by Crippen LogP contribution is 2.41. The van der Waals surface area contributed by atoms with Crippen LogP contribution in [0, 0.1) is 13.8 Å². The molecule has 5 heteroatoms. The fraction of sp³-hybridized carbons (Fsp3) is 0.632. The highest BCUT2D eigenvalue weighted by atomic mass is 16.6. The Labute approximate surface area is 144 Å². The van der Waals surface area contributed by atoms with Crippen LogP contribution in [0.2, 0.25) is 0 Å². The summed E-state index contributed by atoms with van der Waals surface area (Å²) in [5, 5.41) is 10.1. The van der Waals surface area contributed by atoms with Gasteiger partial charge in [0.1, 0.15) is 11.4 Å². The molecule has 1 heterocycles. The molecule has 2 rings (SSSR count). The van der Waals surface area contributed by atoms with E-state index in [1.807, 2.05) is 33.8 Å². The van der Waals surface area contributed by atoms with Crippen LogP contribution in [0.3, 0.4) is 0 Å². The molecule has 1 aromatic rings. The van der Waals surface area contributed by atoms with Crippen LogP contribution in [0.4, 0.5) is 4.79 Å². The zero-order chi connectivity index (χ0) is 18.2. The molecule has 1 aromatic carbocycles. The summed E-state index contributed by atoms with van der Waals surface area (Å²) in [6.45, 7) is 12.7. The number of nitrogens with zero attached hydrogens (tertiary/aromatic N) is 1. The standard InChI is InChI=1S/C19H29NO4/c1-11-8-15(13(3)21)17(23-7)16(12(11)2)14-9-20(10-14)18(22)24-19(4,5)6/h8,13-14,21H,9-10H2,1-7H3. The van der Waals surface area contributed by atoms with Crippen LogP contribution in [0.5, 0.6) is 5.75 Å². The molecule has 1 amide bonds. The molecule has 0 saturated carbocycles. The number of carbonyl (C=O) groups excluding carboxylic acids is 1. The second-order valence-electron chi connectivity index (χ2n) is 7.61. The topological polar surface area (TPSA) is 59.0 Å². The maximum atomic E-state index is 12.1. The summed E-state index contributed by atoms with van der Waals surface area (Å²) < 4.78 is 11.0. The molecule has 1 fully saturated rings. The lowest BCUT2D eigenvalue weighted by Crippen LogP contribution is -2.50. The van der Waals surface area contributed by atoms with Gasteiger partial charge < -0.3 is 19.5 Å². The Balaban J connectivity index is 2.24. The predicted molar refractivity (Wildman–Crippen MR) is 93.6 cm³/mol. The molecule has 1 unspecified atom stereocenters.